The molecule has 1 heterocycles. The molecule has 1 spiro atoms. The van der Waals surface area contributed by atoms with Crippen LogP contribution in [0, 0.1) is 5.82 Å². The van der Waals surface area contributed by atoms with Gasteiger partial charge in [0.15, 0.2) is 0 Å². The predicted molar refractivity (Wildman–Crippen MR) is 78.6 cm³/mol. The lowest BCUT2D eigenvalue weighted by molar-refractivity contribution is 0.0581. The molecule has 2 aliphatic rings. The Morgan fingerprint density at radius 1 is 1.40 bits per heavy atom. The van der Waals surface area contributed by atoms with Gasteiger partial charge in [0.1, 0.15) is 11.4 Å². The van der Waals surface area contributed by atoms with Gasteiger partial charge in [0.05, 0.1) is 5.69 Å². The summed E-state index contributed by atoms with van der Waals surface area (Å²) in [5.41, 5.74) is 0.577. The molecule has 1 saturated carbocycles. The van der Waals surface area contributed by atoms with Crippen LogP contribution in [0.3, 0.4) is 0 Å². The van der Waals surface area contributed by atoms with Crippen molar-refractivity contribution in [1.82, 2.24) is 0 Å². The SMILES string of the molecule is CC(C)(C)OC(=O)N1CC2(CC2)c2c(F)cc(Br)cc21. The van der Waals surface area contributed by atoms with Crippen molar-refractivity contribution in [2.75, 3.05) is 11.4 Å². The van der Waals surface area contributed by atoms with Crippen LogP contribution in [0.2, 0.25) is 0 Å². The topological polar surface area (TPSA) is 29.5 Å². The average Bonchev–Trinajstić information content (AvgIpc) is 2.94. The van der Waals surface area contributed by atoms with Crippen LogP contribution in [0.1, 0.15) is 39.2 Å². The predicted octanol–water partition coefficient (Wildman–Crippen LogP) is 4.37. The molecular weight excluding hydrogens is 325 g/mol. The van der Waals surface area contributed by atoms with E-state index in [0.29, 0.717) is 22.3 Å². The number of halogens is 2. The van der Waals surface area contributed by atoms with Crippen LogP contribution in [0.5, 0.6) is 0 Å². The van der Waals surface area contributed by atoms with Crippen molar-refractivity contribution in [3.05, 3.63) is 28.0 Å². The largest absolute Gasteiger partial charge is 0.443 e. The van der Waals surface area contributed by atoms with Gasteiger partial charge in [0, 0.05) is 22.0 Å². The number of anilines is 1. The third-order valence-electron chi connectivity index (χ3n) is 3.78. The molecule has 0 radical (unpaired) electrons. The van der Waals surface area contributed by atoms with E-state index in [2.05, 4.69) is 15.9 Å². The molecule has 1 aliphatic carbocycles. The highest BCUT2D eigenvalue weighted by Crippen LogP contribution is 2.57. The Hall–Kier alpha value is -1.10. The van der Waals surface area contributed by atoms with Crippen molar-refractivity contribution in [3.8, 4) is 0 Å². The molecule has 1 aliphatic heterocycles. The molecule has 0 saturated heterocycles. The highest BCUT2D eigenvalue weighted by Gasteiger charge is 2.55. The monoisotopic (exact) mass is 341 g/mol. The minimum Gasteiger partial charge on any atom is -0.443 e. The first kappa shape index (κ1) is 13.9. The lowest BCUT2D eigenvalue weighted by Crippen LogP contribution is -2.37. The number of carbonyl (C=O) groups is 1. The smallest absolute Gasteiger partial charge is 0.414 e. The quantitative estimate of drug-likeness (QED) is 0.700. The van der Waals surface area contributed by atoms with E-state index in [9.17, 15) is 9.18 Å². The van der Waals surface area contributed by atoms with E-state index in [0.717, 1.165) is 12.8 Å². The molecule has 0 N–H and O–H groups in total. The minimum atomic E-state index is -0.554. The van der Waals surface area contributed by atoms with Crippen LogP contribution in [0.15, 0.2) is 16.6 Å². The van der Waals surface area contributed by atoms with Gasteiger partial charge in [0.25, 0.3) is 0 Å². The van der Waals surface area contributed by atoms with Crippen LogP contribution in [0.25, 0.3) is 0 Å². The number of carbonyl (C=O) groups excluding carboxylic acids is 1. The standard InChI is InChI=1S/C15H17BrFNO2/c1-14(2,3)20-13(19)18-8-15(4-5-15)12-10(17)6-9(16)7-11(12)18/h6-7H,4-5,8H2,1-3H3. The van der Waals surface area contributed by atoms with E-state index in [4.69, 9.17) is 4.74 Å². The Bertz CT molecular complexity index is 590. The Balaban J connectivity index is 2.00. The first-order chi connectivity index (χ1) is 9.22. The highest BCUT2D eigenvalue weighted by atomic mass is 79.9. The van der Waals surface area contributed by atoms with E-state index in [1.807, 2.05) is 20.8 Å². The van der Waals surface area contributed by atoms with E-state index in [1.165, 1.54) is 6.07 Å². The van der Waals surface area contributed by atoms with Crippen LogP contribution in [0.4, 0.5) is 14.9 Å². The lowest BCUT2D eigenvalue weighted by atomic mass is 9.98. The van der Waals surface area contributed by atoms with Gasteiger partial charge in [-0.3, -0.25) is 4.90 Å². The van der Waals surface area contributed by atoms with Crippen LogP contribution in [-0.4, -0.2) is 18.2 Å². The van der Waals surface area contributed by atoms with Gasteiger partial charge in [-0.15, -0.1) is 0 Å². The fourth-order valence-corrected chi connectivity index (χ4v) is 3.22. The first-order valence-electron chi connectivity index (χ1n) is 6.72. The summed E-state index contributed by atoms with van der Waals surface area (Å²) in [5, 5.41) is 0. The van der Waals surface area contributed by atoms with E-state index >= 15 is 0 Å². The number of fused-ring (bicyclic) bond motifs is 2. The molecule has 0 aromatic heterocycles. The van der Waals surface area contributed by atoms with Crippen molar-refractivity contribution >= 4 is 27.7 Å². The summed E-state index contributed by atoms with van der Waals surface area (Å²) in [7, 11) is 0. The molecule has 0 unspecified atom stereocenters. The molecule has 1 aromatic carbocycles. The molecule has 1 aromatic rings. The van der Waals surface area contributed by atoms with Crippen molar-refractivity contribution in [3.63, 3.8) is 0 Å². The second kappa shape index (κ2) is 4.20. The molecular formula is C15H17BrFNO2. The van der Waals surface area contributed by atoms with Gasteiger partial charge < -0.3 is 4.74 Å². The fraction of sp³-hybridized carbons (Fsp3) is 0.533. The number of hydrogen-bond acceptors (Lipinski definition) is 2. The number of hydrogen-bond donors (Lipinski definition) is 0. The summed E-state index contributed by atoms with van der Waals surface area (Å²) < 4.78 is 20.3. The van der Waals surface area contributed by atoms with Crippen molar-refractivity contribution in [1.29, 1.82) is 0 Å². The molecule has 1 amide bonds. The summed E-state index contributed by atoms with van der Waals surface area (Å²) in [5.74, 6) is -0.238. The van der Waals surface area contributed by atoms with Crippen LogP contribution >= 0.6 is 15.9 Å². The molecule has 0 atom stereocenters. The zero-order valence-electron chi connectivity index (χ0n) is 11.8. The molecule has 3 nitrogen and oxygen atoms in total. The second-order valence-corrected chi connectivity index (χ2v) is 7.54. The van der Waals surface area contributed by atoms with Crippen molar-refractivity contribution in [2.24, 2.45) is 0 Å². The maximum absolute atomic E-state index is 14.3. The zero-order valence-corrected chi connectivity index (χ0v) is 13.4. The zero-order chi connectivity index (χ0) is 14.7. The molecule has 3 rings (SSSR count). The van der Waals surface area contributed by atoms with E-state index < -0.39 is 11.7 Å². The van der Waals surface area contributed by atoms with Gasteiger partial charge in [0.2, 0.25) is 0 Å². The number of amides is 1. The highest BCUT2D eigenvalue weighted by molar-refractivity contribution is 9.10. The van der Waals surface area contributed by atoms with E-state index in [1.54, 1.807) is 11.0 Å². The number of nitrogens with zero attached hydrogens (tertiary/aromatic N) is 1. The summed E-state index contributed by atoms with van der Waals surface area (Å²) in [6, 6.07) is 3.27. The molecule has 1 fully saturated rings. The minimum absolute atomic E-state index is 0.184. The fourth-order valence-electron chi connectivity index (χ4n) is 2.80. The van der Waals surface area contributed by atoms with Crippen LogP contribution in [-0.2, 0) is 10.2 Å². The maximum atomic E-state index is 14.3. The third-order valence-corrected chi connectivity index (χ3v) is 4.24. The molecule has 108 valence electrons. The Kier molecular flexibility index (Phi) is 2.91. The molecule has 0 bridgehead atoms. The summed E-state index contributed by atoms with van der Waals surface area (Å²) >= 11 is 3.29. The Labute approximate surface area is 126 Å². The van der Waals surface area contributed by atoms with Crippen LogP contribution < -0.4 is 4.90 Å². The van der Waals surface area contributed by atoms with Crippen molar-refractivity contribution in [2.45, 2.75) is 44.6 Å². The second-order valence-electron chi connectivity index (χ2n) is 6.63. The summed E-state index contributed by atoms with van der Waals surface area (Å²) in [6.07, 6.45) is 1.45. The average molecular weight is 342 g/mol. The Morgan fingerprint density at radius 3 is 2.60 bits per heavy atom. The number of ether oxygens (including phenoxy) is 1. The summed E-state index contributed by atoms with van der Waals surface area (Å²) in [6.45, 7) is 6.01. The van der Waals surface area contributed by atoms with Gasteiger partial charge in [-0.05, 0) is 45.7 Å². The number of rotatable bonds is 0. The van der Waals surface area contributed by atoms with Gasteiger partial charge >= 0.3 is 6.09 Å². The molecule has 5 heteroatoms. The first-order valence-corrected chi connectivity index (χ1v) is 7.51. The number of benzene rings is 1. The summed E-state index contributed by atoms with van der Waals surface area (Å²) in [4.78, 5) is 13.9. The van der Waals surface area contributed by atoms with Crippen molar-refractivity contribution < 1.29 is 13.9 Å². The normalized spacial score (nSPS) is 19.1. The molecule has 20 heavy (non-hydrogen) atoms. The lowest BCUT2D eigenvalue weighted by Gasteiger charge is -2.25. The van der Waals surface area contributed by atoms with Gasteiger partial charge in [-0.1, -0.05) is 15.9 Å². The third kappa shape index (κ3) is 2.22. The maximum Gasteiger partial charge on any atom is 0.414 e. The van der Waals surface area contributed by atoms with Gasteiger partial charge in [-0.2, -0.15) is 0 Å². The Morgan fingerprint density at radius 2 is 2.05 bits per heavy atom. The van der Waals surface area contributed by atoms with E-state index in [-0.39, 0.29) is 11.2 Å². The van der Waals surface area contributed by atoms with Gasteiger partial charge in [-0.25, -0.2) is 9.18 Å².